The van der Waals surface area contributed by atoms with Gasteiger partial charge in [0, 0.05) is 10.9 Å². The highest BCUT2D eigenvalue weighted by molar-refractivity contribution is 7.16. The predicted octanol–water partition coefficient (Wildman–Crippen LogP) is 4.55. The van der Waals surface area contributed by atoms with E-state index in [1.54, 1.807) is 11.3 Å². The van der Waals surface area contributed by atoms with Gasteiger partial charge in [0.15, 0.2) is 0 Å². The second-order valence-electron chi connectivity index (χ2n) is 4.77. The fourth-order valence-corrected chi connectivity index (χ4v) is 4.14. The Bertz CT molecular complexity index is 322. The average Bonchev–Trinajstić information content (AvgIpc) is 2.61. The van der Waals surface area contributed by atoms with Gasteiger partial charge in [-0.05, 0) is 44.4 Å². The van der Waals surface area contributed by atoms with Crippen molar-refractivity contribution in [1.82, 2.24) is 5.32 Å². The highest BCUT2D eigenvalue weighted by Gasteiger charge is 2.25. The minimum absolute atomic E-state index is 0.511. The molecule has 1 fully saturated rings. The van der Waals surface area contributed by atoms with Gasteiger partial charge in [0.25, 0.3) is 0 Å². The highest BCUT2D eigenvalue weighted by atomic mass is 35.5. The molecule has 2 rings (SSSR count). The second-order valence-corrected chi connectivity index (χ2v) is 6.46. The standard InChI is InChI=1S/C13H20ClNS/c1-9-8-11(16-13(9)14)12(15-2)10-6-4-3-5-7-10/h8,10,12,15H,3-7H2,1-2H3. The minimum atomic E-state index is 0.511. The van der Waals surface area contributed by atoms with Crippen LogP contribution in [0.1, 0.15) is 48.6 Å². The summed E-state index contributed by atoms with van der Waals surface area (Å²) in [5.74, 6) is 0.799. The molecule has 90 valence electrons. The van der Waals surface area contributed by atoms with Crippen molar-refractivity contribution < 1.29 is 0 Å². The molecule has 0 spiro atoms. The normalized spacial score (nSPS) is 19.9. The molecule has 1 aromatic rings. The van der Waals surface area contributed by atoms with Gasteiger partial charge in [0.2, 0.25) is 0 Å². The van der Waals surface area contributed by atoms with Gasteiger partial charge < -0.3 is 5.32 Å². The van der Waals surface area contributed by atoms with Gasteiger partial charge in [-0.25, -0.2) is 0 Å². The molecule has 1 unspecified atom stereocenters. The number of thiophene rings is 1. The fraction of sp³-hybridized carbons (Fsp3) is 0.692. The van der Waals surface area contributed by atoms with Crippen molar-refractivity contribution in [2.45, 2.75) is 45.1 Å². The van der Waals surface area contributed by atoms with Crippen molar-refractivity contribution >= 4 is 22.9 Å². The van der Waals surface area contributed by atoms with Gasteiger partial charge >= 0.3 is 0 Å². The van der Waals surface area contributed by atoms with Gasteiger partial charge in [-0.1, -0.05) is 30.9 Å². The summed E-state index contributed by atoms with van der Waals surface area (Å²) in [5, 5.41) is 3.48. The van der Waals surface area contributed by atoms with Crippen LogP contribution in [0, 0.1) is 12.8 Å². The summed E-state index contributed by atoms with van der Waals surface area (Å²) in [6, 6.07) is 2.76. The van der Waals surface area contributed by atoms with E-state index in [2.05, 4.69) is 25.4 Å². The van der Waals surface area contributed by atoms with Crippen molar-refractivity contribution in [3.8, 4) is 0 Å². The molecule has 3 heteroatoms. The van der Waals surface area contributed by atoms with E-state index in [0.29, 0.717) is 6.04 Å². The number of hydrogen-bond donors (Lipinski definition) is 1. The number of halogens is 1. The third-order valence-electron chi connectivity index (χ3n) is 3.62. The van der Waals surface area contributed by atoms with Crippen LogP contribution in [0.4, 0.5) is 0 Å². The maximum absolute atomic E-state index is 6.16. The van der Waals surface area contributed by atoms with E-state index in [1.807, 2.05) is 0 Å². The number of nitrogens with one attached hydrogen (secondary N) is 1. The Morgan fingerprint density at radius 3 is 2.56 bits per heavy atom. The van der Waals surface area contributed by atoms with Crippen LogP contribution >= 0.6 is 22.9 Å². The van der Waals surface area contributed by atoms with E-state index in [1.165, 1.54) is 42.5 Å². The van der Waals surface area contributed by atoms with Gasteiger partial charge in [-0.3, -0.25) is 0 Å². The molecule has 1 heterocycles. The minimum Gasteiger partial charge on any atom is -0.312 e. The van der Waals surface area contributed by atoms with Crippen LogP contribution in [0.25, 0.3) is 0 Å². The van der Waals surface area contributed by atoms with Gasteiger partial charge in [0.05, 0.1) is 4.34 Å². The molecule has 0 amide bonds. The van der Waals surface area contributed by atoms with E-state index >= 15 is 0 Å². The molecule has 1 aromatic heterocycles. The monoisotopic (exact) mass is 257 g/mol. The summed E-state index contributed by atoms with van der Waals surface area (Å²) in [4.78, 5) is 1.41. The van der Waals surface area contributed by atoms with E-state index in [4.69, 9.17) is 11.6 Å². The fourth-order valence-electron chi connectivity index (χ4n) is 2.71. The Hall–Kier alpha value is -0.0500. The molecule has 0 saturated heterocycles. The quantitative estimate of drug-likeness (QED) is 0.838. The van der Waals surface area contributed by atoms with Crippen molar-refractivity contribution in [3.63, 3.8) is 0 Å². The molecule has 1 saturated carbocycles. The van der Waals surface area contributed by atoms with Crippen LogP contribution in [0.5, 0.6) is 0 Å². The summed E-state index contributed by atoms with van der Waals surface area (Å²) in [6.07, 6.45) is 6.92. The first-order valence-corrected chi connectivity index (χ1v) is 7.35. The van der Waals surface area contributed by atoms with E-state index in [9.17, 15) is 0 Å². The lowest BCUT2D eigenvalue weighted by molar-refractivity contribution is 0.284. The lowest BCUT2D eigenvalue weighted by Gasteiger charge is -2.29. The molecule has 0 aliphatic heterocycles. The number of aryl methyl sites for hydroxylation is 1. The Kier molecular flexibility index (Phi) is 4.28. The van der Waals surface area contributed by atoms with Gasteiger partial charge in [0.1, 0.15) is 0 Å². The topological polar surface area (TPSA) is 12.0 Å². The maximum Gasteiger partial charge on any atom is 0.0960 e. The molecule has 1 nitrogen and oxygen atoms in total. The Morgan fingerprint density at radius 1 is 1.38 bits per heavy atom. The summed E-state index contributed by atoms with van der Waals surface area (Å²) in [6.45, 7) is 2.09. The summed E-state index contributed by atoms with van der Waals surface area (Å²) < 4.78 is 0.950. The molecule has 0 bridgehead atoms. The van der Waals surface area contributed by atoms with Crippen molar-refractivity contribution in [2.24, 2.45) is 5.92 Å². The SMILES string of the molecule is CNC(c1cc(C)c(Cl)s1)C1CCCCC1. The Labute approximate surface area is 107 Å². The zero-order valence-corrected chi connectivity index (χ0v) is 11.6. The third kappa shape index (κ3) is 2.61. The van der Waals surface area contributed by atoms with Crippen LogP contribution < -0.4 is 5.32 Å². The van der Waals surface area contributed by atoms with E-state index < -0.39 is 0 Å². The number of hydrogen-bond acceptors (Lipinski definition) is 2. The van der Waals surface area contributed by atoms with Crippen LogP contribution in [-0.2, 0) is 0 Å². The molecular formula is C13H20ClNS. The smallest absolute Gasteiger partial charge is 0.0960 e. The molecule has 0 radical (unpaired) electrons. The first kappa shape index (κ1) is 12.4. The predicted molar refractivity (Wildman–Crippen MR) is 72.4 cm³/mol. The molecule has 1 aliphatic rings. The first-order valence-electron chi connectivity index (χ1n) is 6.15. The molecule has 1 atom stereocenters. The maximum atomic E-state index is 6.16. The lowest BCUT2D eigenvalue weighted by Crippen LogP contribution is -2.26. The highest BCUT2D eigenvalue weighted by Crippen LogP contribution is 2.39. The summed E-state index contributed by atoms with van der Waals surface area (Å²) in [7, 11) is 2.07. The molecule has 1 N–H and O–H groups in total. The Morgan fingerprint density at radius 2 is 2.06 bits per heavy atom. The van der Waals surface area contributed by atoms with Crippen molar-refractivity contribution in [1.29, 1.82) is 0 Å². The van der Waals surface area contributed by atoms with Crippen LogP contribution in [0.2, 0.25) is 4.34 Å². The van der Waals surface area contributed by atoms with Crippen LogP contribution in [0.3, 0.4) is 0 Å². The summed E-state index contributed by atoms with van der Waals surface area (Å²) >= 11 is 7.90. The molecule has 1 aliphatic carbocycles. The zero-order valence-electron chi connectivity index (χ0n) is 10.1. The van der Waals surface area contributed by atoms with Crippen molar-refractivity contribution in [2.75, 3.05) is 7.05 Å². The van der Waals surface area contributed by atoms with Crippen molar-refractivity contribution in [3.05, 3.63) is 20.8 Å². The average molecular weight is 258 g/mol. The largest absolute Gasteiger partial charge is 0.312 e. The third-order valence-corrected chi connectivity index (χ3v) is 5.25. The summed E-state index contributed by atoms with van der Waals surface area (Å²) in [5.41, 5.74) is 1.22. The van der Waals surface area contributed by atoms with Crippen LogP contribution in [-0.4, -0.2) is 7.05 Å². The molecule has 0 aromatic carbocycles. The second kappa shape index (κ2) is 5.52. The molecule has 16 heavy (non-hydrogen) atoms. The van der Waals surface area contributed by atoms with E-state index in [-0.39, 0.29) is 0 Å². The van der Waals surface area contributed by atoms with Gasteiger partial charge in [-0.2, -0.15) is 0 Å². The lowest BCUT2D eigenvalue weighted by atomic mass is 9.83. The van der Waals surface area contributed by atoms with Gasteiger partial charge in [-0.15, -0.1) is 11.3 Å². The molecular weight excluding hydrogens is 238 g/mol. The Balaban J connectivity index is 2.14. The number of rotatable bonds is 3. The first-order chi connectivity index (χ1) is 7.72. The van der Waals surface area contributed by atoms with E-state index in [0.717, 1.165) is 10.3 Å². The van der Waals surface area contributed by atoms with Crippen LogP contribution in [0.15, 0.2) is 6.07 Å². The zero-order chi connectivity index (χ0) is 11.5.